The van der Waals surface area contributed by atoms with E-state index >= 15 is 0 Å². The van der Waals surface area contributed by atoms with E-state index in [0.717, 1.165) is 19.9 Å². The second-order valence-electron chi connectivity index (χ2n) is 5.38. The van der Waals surface area contributed by atoms with Crippen LogP contribution in [-0.2, 0) is 9.59 Å². The van der Waals surface area contributed by atoms with Crippen LogP contribution in [0.2, 0.25) is 5.02 Å². The highest BCUT2D eigenvalue weighted by Gasteiger charge is 2.37. The van der Waals surface area contributed by atoms with Crippen molar-refractivity contribution in [3.05, 3.63) is 29.0 Å². The van der Waals surface area contributed by atoms with E-state index in [1.165, 1.54) is 17.0 Å². The van der Waals surface area contributed by atoms with Crippen LogP contribution < -0.4 is 10.2 Å². The minimum atomic E-state index is -2.06. The van der Waals surface area contributed by atoms with Crippen LogP contribution in [0.4, 0.5) is 14.5 Å². The number of carbonyl (C=O) groups is 2. The number of rotatable bonds is 3. The lowest BCUT2D eigenvalue weighted by Crippen LogP contribution is -2.47. The van der Waals surface area contributed by atoms with Gasteiger partial charge in [-0.3, -0.25) is 9.59 Å². The number of nitrogens with one attached hydrogen (secondary N) is 1. The molecule has 2 amide bonds. The van der Waals surface area contributed by atoms with Crippen molar-refractivity contribution in [2.45, 2.75) is 32.0 Å². The molecule has 4 nitrogen and oxygen atoms in total. The van der Waals surface area contributed by atoms with Gasteiger partial charge in [-0.1, -0.05) is 11.6 Å². The maximum Gasteiger partial charge on any atom is 0.257 e. The molecular weight excluding hydrogens is 302 g/mol. The van der Waals surface area contributed by atoms with Crippen molar-refractivity contribution in [1.29, 1.82) is 0 Å². The number of nitrogens with zero attached hydrogens (tertiary/aromatic N) is 1. The van der Waals surface area contributed by atoms with Crippen LogP contribution in [0.25, 0.3) is 0 Å². The smallest absolute Gasteiger partial charge is 0.257 e. The van der Waals surface area contributed by atoms with Crippen LogP contribution >= 0.6 is 11.6 Å². The first-order chi connectivity index (χ1) is 9.70. The van der Waals surface area contributed by atoms with Gasteiger partial charge >= 0.3 is 0 Å². The summed E-state index contributed by atoms with van der Waals surface area (Å²) in [5.74, 6) is -1.86. The molecule has 0 saturated carbocycles. The summed E-state index contributed by atoms with van der Waals surface area (Å²) in [6, 6.07) is 3.23. The Kier molecular flexibility index (Phi) is 4.18. The van der Waals surface area contributed by atoms with Crippen molar-refractivity contribution in [3.63, 3.8) is 0 Å². The maximum absolute atomic E-state index is 13.5. The number of benzene rings is 1. The number of halogens is 3. The first-order valence-electron chi connectivity index (χ1n) is 6.46. The number of carbonyl (C=O) groups excluding carboxylic acids is 2. The third kappa shape index (κ3) is 3.32. The predicted molar refractivity (Wildman–Crippen MR) is 75.5 cm³/mol. The second kappa shape index (κ2) is 5.60. The van der Waals surface area contributed by atoms with Crippen molar-refractivity contribution in [2.75, 3.05) is 11.4 Å². The highest BCUT2D eigenvalue weighted by Crippen LogP contribution is 2.26. The van der Waals surface area contributed by atoms with Gasteiger partial charge in [0.1, 0.15) is 11.9 Å². The van der Waals surface area contributed by atoms with Crippen molar-refractivity contribution < 1.29 is 18.4 Å². The summed E-state index contributed by atoms with van der Waals surface area (Å²) in [7, 11) is 0. The minimum Gasteiger partial charge on any atom is -0.341 e. The van der Waals surface area contributed by atoms with E-state index in [2.05, 4.69) is 5.32 Å². The van der Waals surface area contributed by atoms with E-state index in [4.69, 9.17) is 11.6 Å². The van der Waals surface area contributed by atoms with Gasteiger partial charge in [0.05, 0.1) is 5.02 Å². The Morgan fingerprint density at radius 1 is 1.48 bits per heavy atom. The predicted octanol–water partition coefficient (Wildman–Crippen LogP) is 2.45. The molecule has 1 saturated heterocycles. The van der Waals surface area contributed by atoms with Gasteiger partial charge in [-0.2, -0.15) is 0 Å². The van der Waals surface area contributed by atoms with Crippen molar-refractivity contribution in [2.24, 2.45) is 0 Å². The molecule has 0 aliphatic carbocycles. The molecule has 0 radical (unpaired) electrons. The average molecular weight is 317 g/mol. The highest BCUT2D eigenvalue weighted by atomic mass is 35.5. The summed E-state index contributed by atoms with van der Waals surface area (Å²) in [5.41, 5.74) is -1.70. The summed E-state index contributed by atoms with van der Waals surface area (Å²) >= 11 is 5.59. The third-order valence-corrected chi connectivity index (χ3v) is 3.57. The Bertz CT molecular complexity index is 587. The molecule has 1 N–H and O–H groups in total. The zero-order valence-corrected chi connectivity index (χ0v) is 12.4. The first kappa shape index (κ1) is 15.7. The molecule has 1 fully saturated rings. The van der Waals surface area contributed by atoms with E-state index < -0.39 is 29.3 Å². The zero-order valence-electron chi connectivity index (χ0n) is 11.6. The number of hydrogen-bond donors (Lipinski definition) is 1. The molecule has 114 valence electrons. The molecule has 2 rings (SSSR count). The Labute approximate surface area is 126 Å². The Hall–Kier alpha value is -1.69. The molecule has 0 aromatic heterocycles. The fourth-order valence-corrected chi connectivity index (χ4v) is 2.17. The zero-order chi connectivity index (χ0) is 15.8. The molecule has 0 unspecified atom stereocenters. The lowest BCUT2D eigenvalue weighted by Gasteiger charge is -2.19. The molecule has 21 heavy (non-hydrogen) atoms. The molecular formula is C14H15ClF2N2O2. The first-order valence-corrected chi connectivity index (χ1v) is 6.84. The van der Waals surface area contributed by atoms with E-state index in [-0.39, 0.29) is 5.02 Å². The minimum absolute atomic E-state index is 0.0329. The standard InChI is InChI=1S/C14H15ClF2N2O2/c1-14(2,17)13(21)18-11-5-6-19(12(11)20)8-3-4-9(15)10(16)7-8/h3-4,7,11H,5-6H2,1-2H3,(H,18,21)/t11-/m0/s1. The van der Waals surface area contributed by atoms with Gasteiger partial charge in [0, 0.05) is 12.2 Å². The van der Waals surface area contributed by atoms with Gasteiger partial charge in [-0.25, -0.2) is 8.78 Å². The molecule has 1 atom stereocenters. The summed E-state index contributed by atoms with van der Waals surface area (Å²) < 4.78 is 26.9. The molecule has 1 aromatic carbocycles. The van der Waals surface area contributed by atoms with E-state index in [1.807, 2.05) is 0 Å². The lowest BCUT2D eigenvalue weighted by molar-refractivity contribution is -0.133. The van der Waals surface area contributed by atoms with Gasteiger partial charge in [-0.05, 0) is 38.5 Å². The molecule has 1 aliphatic heterocycles. The van der Waals surface area contributed by atoms with Crippen molar-refractivity contribution >= 4 is 29.1 Å². The number of hydrogen-bond acceptors (Lipinski definition) is 2. The largest absolute Gasteiger partial charge is 0.341 e. The Morgan fingerprint density at radius 2 is 2.14 bits per heavy atom. The van der Waals surface area contributed by atoms with Gasteiger partial charge in [0.15, 0.2) is 5.67 Å². The fourth-order valence-electron chi connectivity index (χ4n) is 2.05. The summed E-state index contributed by atoms with van der Waals surface area (Å²) in [5, 5.41) is 2.34. The average Bonchev–Trinajstić information content (AvgIpc) is 2.73. The normalized spacial score (nSPS) is 19.0. The third-order valence-electron chi connectivity index (χ3n) is 3.27. The summed E-state index contributed by atoms with van der Waals surface area (Å²) in [6.45, 7) is 2.56. The second-order valence-corrected chi connectivity index (χ2v) is 5.78. The molecule has 1 aromatic rings. The van der Waals surface area contributed by atoms with Crippen molar-refractivity contribution in [1.82, 2.24) is 5.32 Å². The number of amides is 2. The molecule has 0 spiro atoms. The van der Waals surface area contributed by atoms with Gasteiger partial charge in [0.25, 0.3) is 5.91 Å². The number of alkyl halides is 1. The van der Waals surface area contributed by atoms with Gasteiger partial charge in [-0.15, -0.1) is 0 Å². The molecule has 1 aliphatic rings. The monoisotopic (exact) mass is 316 g/mol. The maximum atomic E-state index is 13.5. The van der Waals surface area contributed by atoms with Crippen LogP contribution in [0.1, 0.15) is 20.3 Å². The lowest BCUT2D eigenvalue weighted by atomic mass is 10.1. The topological polar surface area (TPSA) is 49.4 Å². The molecule has 1 heterocycles. The van der Waals surface area contributed by atoms with Gasteiger partial charge in [0.2, 0.25) is 5.91 Å². The Balaban J connectivity index is 2.11. The Morgan fingerprint density at radius 3 is 2.71 bits per heavy atom. The van der Waals surface area contributed by atoms with Gasteiger partial charge < -0.3 is 10.2 Å². The SMILES string of the molecule is CC(C)(F)C(=O)N[C@H]1CCN(c2ccc(Cl)c(F)c2)C1=O. The van der Waals surface area contributed by atoms with Crippen LogP contribution in [0.15, 0.2) is 18.2 Å². The number of anilines is 1. The van der Waals surface area contributed by atoms with Crippen LogP contribution in [0.5, 0.6) is 0 Å². The highest BCUT2D eigenvalue weighted by molar-refractivity contribution is 6.30. The van der Waals surface area contributed by atoms with Crippen LogP contribution in [0.3, 0.4) is 0 Å². The molecule has 0 bridgehead atoms. The van der Waals surface area contributed by atoms with E-state index in [1.54, 1.807) is 0 Å². The quantitative estimate of drug-likeness (QED) is 0.931. The van der Waals surface area contributed by atoms with Crippen LogP contribution in [0, 0.1) is 5.82 Å². The molecule has 7 heteroatoms. The summed E-state index contributed by atoms with van der Waals surface area (Å²) in [4.78, 5) is 25.1. The fraction of sp³-hybridized carbons (Fsp3) is 0.429. The van der Waals surface area contributed by atoms with E-state index in [9.17, 15) is 18.4 Å². The van der Waals surface area contributed by atoms with Crippen molar-refractivity contribution in [3.8, 4) is 0 Å². The van der Waals surface area contributed by atoms with Crippen LogP contribution in [-0.4, -0.2) is 30.1 Å². The summed E-state index contributed by atoms with van der Waals surface area (Å²) in [6.07, 6.45) is 0.338. The van der Waals surface area contributed by atoms with E-state index in [0.29, 0.717) is 18.7 Å².